The molecule has 0 atom stereocenters. The topological polar surface area (TPSA) is 26.3 Å². The molecule has 0 aliphatic carbocycles. The van der Waals surface area contributed by atoms with Crippen LogP contribution < -0.4 is 4.74 Å². The minimum absolute atomic E-state index is 0.157. The monoisotopic (exact) mass is 338 g/mol. The Morgan fingerprint density at radius 1 is 0.920 bits per heavy atom. The van der Waals surface area contributed by atoms with Crippen molar-refractivity contribution in [1.82, 2.24) is 0 Å². The molecule has 0 fully saturated rings. The van der Waals surface area contributed by atoms with Crippen LogP contribution in [0.15, 0.2) is 66.7 Å². The fourth-order valence-corrected chi connectivity index (χ4v) is 2.63. The van der Waals surface area contributed by atoms with Crippen LogP contribution in [0.4, 0.5) is 8.78 Å². The largest absolute Gasteiger partial charge is 0.489 e. The lowest BCUT2D eigenvalue weighted by Gasteiger charge is -2.13. The third kappa shape index (κ3) is 4.29. The first-order chi connectivity index (χ1) is 12.2. The van der Waals surface area contributed by atoms with Gasteiger partial charge >= 0.3 is 0 Å². The van der Waals surface area contributed by atoms with Gasteiger partial charge in [-0.25, -0.2) is 8.78 Å². The number of benzene rings is 3. The van der Waals surface area contributed by atoms with Gasteiger partial charge in [-0.05, 0) is 47.0 Å². The number of hydrogen-bond acceptors (Lipinski definition) is 2. The van der Waals surface area contributed by atoms with Gasteiger partial charge in [-0.2, -0.15) is 0 Å². The standard InChI is InChI=1S/C21H16F2O2/c22-18-7-1-4-15(10-18)12-20-17(6-3-9-21(20)23)14-25-19-8-2-5-16(11-19)13-24/h1-11,13H,12,14H2. The number of carbonyl (C=O) groups is 1. The summed E-state index contributed by atoms with van der Waals surface area (Å²) in [4.78, 5) is 10.8. The van der Waals surface area contributed by atoms with E-state index in [0.717, 1.165) is 6.29 Å². The summed E-state index contributed by atoms with van der Waals surface area (Å²) < 4.78 is 33.3. The van der Waals surface area contributed by atoms with Crippen molar-refractivity contribution in [2.75, 3.05) is 0 Å². The maximum atomic E-state index is 14.3. The summed E-state index contributed by atoms with van der Waals surface area (Å²) in [6.07, 6.45) is 1.02. The molecule has 0 aliphatic heterocycles. The Morgan fingerprint density at radius 3 is 2.52 bits per heavy atom. The zero-order valence-corrected chi connectivity index (χ0v) is 13.4. The number of aldehydes is 1. The van der Waals surface area contributed by atoms with Gasteiger partial charge in [0, 0.05) is 12.0 Å². The van der Waals surface area contributed by atoms with Gasteiger partial charge in [0.05, 0.1) is 0 Å². The zero-order valence-electron chi connectivity index (χ0n) is 13.4. The van der Waals surface area contributed by atoms with Crippen molar-refractivity contribution in [3.05, 3.63) is 101 Å². The predicted molar refractivity (Wildman–Crippen MR) is 91.8 cm³/mol. The fourth-order valence-electron chi connectivity index (χ4n) is 2.63. The van der Waals surface area contributed by atoms with Crippen LogP contribution in [-0.2, 0) is 13.0 Å². The quantitative estimate of drug-likeness (QED) is 0.595. The van der Waals surface area contributed by atoms with Crippen LogP contribution in [0.25, 0.3) is 0 Å². The molecular formula is C21H16F2O2. The molecule has 0 aliphatic rings. The molecule has 0 bridgehead atoms. The van der Waals surface area contributed by atoms with Gasteiger partial charge in [0.25, 0.3) is 0 Å². The van der Waals surface area contributed by atoms with E-state index in [1.807, 2.05) is 0 Å². The van der Waals surface area contributed by atoms with Crippen LogP contribution in [0.5, 0.6) is 5.75 Å². The van der Waals surface area contributed by atoms with Gasteiger partial charge in [-0.15, -0.1) is 0 Å². The molecule has 3 rings (SSSR count). The molecule has 0 amide bonds. The molecular weight excluding hydrogens is 322 g/mol. The van der Waals surface area contributed by atoms with Gasteiger partial charge in [0.15, 0.2) is 0 Å². The molecule has 3 aromatic rings. The van der Waals surface area contributed by atoms with Crippen LogP contribution in [0.1, 0.15) is 27.0 Å². The van der Waals surface area contributed by atoms with Crippen molar-refractivity contribution in [2.45, 2.75) is 13.0 Å². The molecule has 2 nitrogen and oxygen atoms in total. The van der Waals surface area contributed by atoms with E-state index in [1.54, 1.807) is 48.5 Å². The first-order valence-electron chi connectivity index (χ1n) is 7.84. The molecule has 25 heavy (non-hydrogen) atoms. The van der Waals surface area contributed by atoms with E-state index in [1.165, 1.54) is 18.2 Å². The molecule has 0 saturated heterocycles. The van der Waals surface area contributed by atoms with E-state index < -0.39 is 0 Å². The third-order valence-corrected chi connectivity index (χ3v) is 3.87. The second-order valence-corrected chi connectivity index (χ2v) is 5.66. The minimum Gasteiger partial charge on any atom is -0.489 e. The Bertz CT molecular complexity index is 891. The van der Waals surface area contributed by atoms with Gasteiger partial charge in [0.2, 0.25) is 0 Å². The number of carbonyl (C=O) groups excluding carboxylic acids is 1. The zero-order chi connectivity index (χ0) is 17.6. The van der Waals surface area contributed by atoms with E-state index >= 15 is 0 Å². The summed E-state index contributed by atoms with van der Waals surface area (Å²) in [7, 11) is 0. The average Bonchev–Trinajstić information content (AvgIpc) is 2.62. The summed E-state index contributed by atoms with van der Waals surface area (Å²) in [5, 5.41) is 0. The number of ether oxygens (including phenoxy) is 1. The van der Waals surface area contributed by atoms with Crippen LogP contribution in [0.3, 0.4) is 0 Å². The van der Waals surface area contributed by atoms with Crippen LogP contribution >= 0.6 is 0 Å². The maximum Gasteiger partial charge on any atom is 0.150 e. The lowest BCUT2D eigenvalue weighted by atomic mass is 9.99. The summed E-state index contributed by atoms with van der Waals surface area (Å²) in [5.41, 5.74) is 2.35. The summed E-state index contributed by atoms with van der Waals surface area (Å²) in [6, 6.07) is 17.6. The molecule has 0 radical (unpaired) electrons. The molecule has 0 aromatic heterocycles. The molecule has 0 N–H and O–H groups in total. The molecule has 0 heterocycles. The van der Waals surface area contributed by atoms with E-state index in [4.69, 9.17) is 4.74 Å². The predicted octanol–water partition coefficient (Wildman–Crippen LogP) is 4.95. The Labute approximate surface area is 144 Å². The van der Waals surface area contributed by atoms with Crippen molar-refractivity contribution in [3.8, 4) is 5.75 Å². The van der Waals surface area contributed by atoms with Crippen molar-refractivity contribution < 1.29 is 18.3 Å². The van der Waals surface area contributed by atoms with Crippen LogP contribution in [-0.4, -0.2) is 6.29 Å². The van der Waals surface area contributed by atoms with E-state index in [0.29, 0.717) is 28.0 Å². The third-order valence-electron chi connectivity index (χ3n) is 3.87. The molecule has 0 unspecified atom stereocenters. The lowest BCUT2D eigenvalue weighted by Crippen LogP contribution is -2.04. The second-order valence-electron chi connectivity index (χ2n) is 5.66. The van der Waals surface area contributed by atoms with E-state index in [9.17, 15) is 13.6 Å². The highest BCUT2D eigenvalue weighted by Crippen LogP contribution is 2.21. The molecule has 4 heteroatoms. The molecule has 126 valence electrons. The maximum absolute atomic E-state index is 14.3. The Kier molecular flexibility index (Phi) is 5.19. The minimum atomic E-state index is -0.355. The van der Waals surface area contributed by atoms with Crippen molar-refractivity contribution in [1.29, 1.82) is 0 Å². The van der Waals surface area contributed by atoms with Gasteiger partial charge in [-0.3, -0.25) is 4.79 Å². The average molecular weight is 338 g/mol. The van der Waals surface area contributed by atoms with Crippen LogP contribution in [0, 0.1) is 11.6 Å². The number of rotatable bonds is 6. The van der Waals surface area contributed by atoms with Crippen LogP contribution in [0.2, 0.25) is 0 Å². The second kappa shape index (κ2) is 7.71. The summed E-state index contributed by atoms with van der Waals surface area (Å²) >= 11 is 0. The van der Waals surface area contributed by atoms with Gasteiger partial charge < -0.3 is 4.74 Å². The smallest absolute Gasteiger partial charge is 0.150 e. The first-order valence-corrected chi connectivity index (χ1v) is 7.84. The lowest BCUT2D eigenvalue weighted by molar-refractivity contribution is 0.112. The van der Waals surface area contributed by atoms with Gasteiger partial charge in [0.1, 0.15) is 30.3 Å². The fraction of sp³-hybridized carbons (Fsp3) is 0.0952. The highest BCUT2D eigenvalue weighted by Gasteiger charge is 2.11. The Balaban J connectivity index is 1.81. The summed E-state index contributed by atoms with van der Waals surface area (Å²) in [6.45, 7) is 0.157. The molecule has 0 spiro atoms. The van der Waals surface area contributed by atoms with E-state index in [-0.39, 0.29) is 24.7 Å². The van der Waals surface area contributed by atoms with Crippen molar-refractivity contribution >= 4 is 6.29 Å². The highest BCUT2D eigenvalue weighted by molar-refractivity contribution is 5.75. The Morgan fingerprint density at radius 2 is 1.72 bits per heavy atom. The highest BCUT2D eigenvalue weighted by atomic mass is 19.1. The van der Waals surface area contributed by atoms with E-state index in [2.05, 4.69) is 0 Å². The number of hydrogen-bond donors (Lipinski definition) is 0. The SMILES string of the molecule is O=Cc1cccc(OCc2cccc(F)c2Cc2cccc(F)c2)c1. The first kappa shape index (κ1) is 16.8. The number of halogens is 2. The van der Waals surface area contributed by atoms with Gasteiger partial charge in [-0.1, -0.05) is 36.4 Å². The molecule has 0 saturated carbocycles. The van der Waals surface area contributed by atoms with Crippen molar-refractivity contribution in [3.63, 3.8) is 0 Å². The Hall–Kier alpha value is -3.01. The van der Waals surface area contributed by atoms with Crippen molar-refractivity contribution in [2.24, 2.45) is 0 Å². The normalized spacial score (nSPS) is 10.5. The molecule has 3 aromatic carbocycles. The summed E-state index contributed by atoms with van der Waals surface area (Å²) in [5.74, 6) is -0.171.